The molecule has 10 nitrogen and oxygen atoms in total. The van der Waals surface area contributed by atoms with E-state index in [-0.39, 0.29) is 16.6 Å². The first kappa shape index (κ1) is 24.2. The van der Waals surface area contributed by atoms with Crippen LogP contribution < -0.4 is 10.1 Å². The Morgan fingerprint density at radius 2 is 2.03 bits per heavy atom. The van der Waals surface area contributed by atoms with Crippen LogP contribution in [-0.4, -0.2) is 60.5 Å². The fraction of sp³-hybridized carbons (Fsp3) is 0.500. The average molecular weight is 590 g/mol. The van der Waals surface area contributed by atoms with Crippen LogP contribution in [0.15, 0.2) is 30.6 Å². The van der Waals surface area contributed by atoms with Crippen LogP contribution in [0.5, 0.6) is 5.88 Å². The van der Waals surface area contributed by atoms with E-state index >= 15 is 0 Å². The summed E-state index contributed by atoms with van der Waals surface area (Å²) in [6.45, 7) is 4.48. The summed E-state index contributed by atoms with van der Waals surface area (Å²) in [5.41, 5.74) is 2.53. The molecule has 2 fully saturated rings. The standard InChI is InChI=1S/C24H27IN6O4/c1-14-18(25)20(32)23(35-14)31-21-19(30-24(31)27-11-16-6-8-33-9-7-16)22(29-13-28-21)34-12-17-4-2-15(10-26)3-5-17/h2-5,13-14,16,18,20,23,32H,6-9,11-12H2,1H3,(H,27,30)/t14-,18-,20-,23-/m1/s1. The summed E-state index contributed by atoms with van der Waals surface area (Å²) in [6, 6.07) is 9.31. The van der Waals surface area contributed by atoms with Crippen molar-refractivity contribution in [3.05, 3.63) is 41.7 Å². The molecule has 0 spiro atoms. The van der Waals surface area contributed by atoms with E-state index in [4.69, 9.17) is 24.5 Å². The molecule has 2 N–H and O–H groups in total. The number of nitrogens with zero attached hydrogens (tertiary/aromatic N) is 5. The summed E-state index contributed by atoms with van der Waals surface area (Å²) in [4.78, 5) is 13.6. The Morgan fingerprint density at radius 1 is 1.26 bits per heavy atom. The zero-order chi connectivity index (χ0) is 24.4. The molecule has 2 aliphatic heterocycles. The van der Waals surface area contributed by atoms with E-state index in [0.29, 0.717) is 34.5 Å². The van der Waals surface area contributed by atoms with Gasteiger partial charge in [-0.15, -0.1) is 0 Å². The molecule has 184 valence electrons. The van der Waals surface area contributed by atoms with Gasteiger partial charge in [-0.2, -0.15) is 10.2 Å². The predicted octanol–water partition coefficient (Wildman–Crippen LogP) is 3.20. The molecule has 4 atom stereocenters. The van der Waals surface area contributed by atoms with Gasteiger partial charge in [0.15, 0.2) is 17.4 Å². The van der Waals surface area contributed by atoms with Gasteiger partial charge in [-0.05, 0) is 43.4 Å². The number of anilines is 1. The number of imidazole rings is 1. The first-order valence-electron chi connectivity index (χ1n) is 11.7. The maximum atomic E-state index is 10.9. The molecule has 3 aromatic rings. The number of ether oxygens (including phenoxy) is 3. The van der Waals surface area contributed by atoms with E-state index in [2.05, 4.69) is 43.9 Å². The number of hydrogen-bond acceptors (Lipinski definition) is 9. The molecule has 0 radical (unpaired) electrons. The quantitative estimate of drug-likeness (QED) is 0.315. The number of rotatable bonds is 7. The molecule has 1 aromatic carbocycles. The molecule has 4 heterocycles. The smallest absolute Gasteiger partial charge is 0.245 e. The minimum Gasteiger partial charge on any atom is -0.471 e. The summed E-state index contributed by atoms with van der Waals surface area (Å²) < 4.78 is 19.4. The lowest BCUT2D eigenvalue weighted by Gasteiger charge is -2.24. The molecule has 11 heteroatoms. The SMILES string of the molecule is C[C@H]1O[C@@H](n2c(NCC3CCOCC3)nc3c(OCc4ccc(C#N)cc4)ncnc32)[C@H](O)[C@@H]1I. The van der Waals surface area contributed by atoms with Gasteiger partial charge >= 0.3 is 0 Å². The molecular formula is C24H27IN6O4. The number of aliphatic hydroxyl groups is 1. The number of aromatic nitrogens is 4. The first-order chi connectivity index (χ1) is 17.0. The van der Waals surface area contributed by atoms with E-state index in [1.807, 2.05) is 23.6 Å². The third-order valence-electron chi connectivity index (χ3n) is 6.47. The minimum absolute atomic E-state index is 0.0627. The van der Waals surface area contributed by atoms with Crippen molar-refractivity contribution in [3.8, 4) is 11.9 Å². The third-order valence-corrected chi connectivity index (χ3v) is 8.22. The van der Waals surface area contributed by atoms with Crippen LogP contribution in [0.2, 0.25) is 0 Å². The van der Waals surface area contributed by atoms with Crippen molar-refractivity contribution in [1.29, 1.82) is 5.26 Å². The van der Waals surface area contributed by atoms with Crippen LogP contribution in [0, 0.1) is 17.2 Å². The van der Waals surface area contributed by atoms with Crippen LogP contribution in [-0.2, 0) is 16.1 Å². The molecule has 2 saturated heterocycles. The lowest BCUT2D eigenvalue weighted by molar-refractivity contribution is -0.0285. The van der Waals surface area contributed by atoms with Crippen molar-refractivity contribution in [2.75, 3.05) is 25.1 Å². The van der Waals surface area contributed by atoms with Crippen molar-refractivity contribution < 1.29 is 19.3 Å². The van der Waals surface area contributed by atoms with Gasteiger partial charge in [0.2, 0.25) is 11.8 Å². The normalized spacial score (nSPS) is 25.0. The van der Waals surface area contributed by atoms with Gasteiger partial charge in [0.05, 0.1) is 21.7 Å². The fourth-order valence-electron chi connectivity index (χ4n) is 4.40. The van der Waals surface area contributed by atoms with Gasteiger partial charge in [0.1, 0.15) is 19.0 Å². The number of nitriles is 1. The summed E-state index contributed by atoms with van der Waals surface area (Å²) in [5.74, 6) is 1.39. The average Bonchev–Trinajstić information content (AvgIpc) is 3.39. The number of fused-ring (bicyclic) bond motifs is 1. The molecule has 0 aliphatic carbocycles. The van der Waals surface area contributed by atoms with Crippen LogP contribution in [0.3, 0.4) is 0 Å². The van der Waals surface area contributed by atoms with Crippen LogP contribution in [0.25, 0.3) is 11.2 Å². The summed E-state index contributed by atoms with van der Waals surface area (Å²) in [5, 5.41) is 23.4. The number of benzene rings is 1. The molecule has 35 heavy (non-hydrogen) atoms. The van der Waals surface area contributed by atoms with Crippen LogP contribution >= 0.6 is 22.6 Å². The second-order valence-corrected chi connectivity index (χ2v) is 10.3. The lowest BCUT2D eigenvalue weighted by atomic mass is 10.0. The van der Waals surface area contributed by atoms with Gasteiger partial charge in [-0.3, -0.25) is 4.57 Å². The summed E-state index contributed by atoms with van der Waals surface area (Å²) in [7, 11) is 0. The van der Waals surface area contributed by atoms with Crippen LogP contribution in [0.1, 0.15) is 37.1 Å². The Bertz CT molecular complexity index is 1210. The number of aliphatic hydroxyl groups excluding tert-OH is 1. The second kappa shape index (κ2) is 10.6. The Kier molecular flexibility index (Phi) is 7.33. The zero-order valence-electron chi connectivity index (χ0n) is 19.3. The molecule has 0 bridgehead atoms. The Morgan fingerprint density at radius 3 is 2.71 bits per heavy atom. The van der Waals surface area contributed by atoms with E-state index in [0.717, 1.165) is 38.2 Å². The highest BCUT2D eigenvalue weighted by Gasteiger charge is 2.43. The van der Waals surface area contributed by atoms with Gasteiger partial charge in [-0.1, -0.05) is 34.7 Å². The highest BCUT2D eigenvalue weighted by atomic mass is 127. The first-order valence-corrected chi connectivity index (χ1v) is 12.9. The topological polar surface area (TPSA) is 127 Å². The zero-order valence-corrected chi connectivity index (χ0v) is 21.5. The fourth-order valence-corrected chi connectivity index (χ4v) is 4.92. The molecule has 0 unspecified atom stereocenters. The van der Waals surface area contributed by atoms with E-state index in [9.17, 15) is 5.11 Å². The second-order valence-electron chi connectivity index (χ2n) is 8.86. The number of hydrogen-bond donors (Lipinski definition) is 2. The predicted molar refractivity (Wildman–Crippen MR) is 136 cm³/mol. The Hall–Kier alpha value is -2.53. The minimum atomic E-state index is -0.718. The van der Waals surface area contributed by atoms with Crippen molar-refractivity contribution in [1.82, 2.24) is 19.5 Å². The largest absolute Gasteiger partial charge is 0.471 e. The van der Waals surface area contributed by atoms with Crippen molar-refractivity contribution in [2.45, 2.75) is 48.7 Å². The maximum Gasteiger partial charge on any atom is 0.245 e. The Labute approximate surface area is 216 Å². The van der Waals surface area contributed by atoms with Gasteiger partial charge in [0, 0.05) is 19.8 Å². The lowest BCUT2D eigenvalue weighted by Crippen LogP contribution is -2.28. The van der Waals surface area contributed by atoms with E-state index < -0.39 is 12.3 Å². The molecule has 0 saturated carbocycles. The number of nitrogens with one attached hydrogen (secondary N) is 1. The van der Waals surface area contributed by atoms with Crippen molar-refractivity contribution >= 4 is 39.7 Å². The third kappa shape index (κ3) is 5.06. The Balaban J connectivity index is 1.45. The van der Waals surface area contributed by atoms with Crippen molar-refractivity contribution in [2.24, 2.45) is 5.92 Å². The van der Waals surface area contributed by atoms with Crippen LogP contribution in [0.4, 0.5) is 5.95 Å². The highest BCUT2D eigenvalue weighted by molar-refractivity contribution is 14.1. The molecular weight excluding hydrogens is 563 g/mol. The number of halogens is 1. The van der Waals surface area contributed by atoms with Gasteiger partial charge in [0.25, 0.3) is 0 Å². The molecule has 0 amide bonds. The molecule has 2 aromatic heterocycles. The monoisotopic (exact) mass is 590 g/mol. The van der Waals surface area contributed by atoms with Gasteiger partial charge in [-0.25, -0.2) is 9.97 Å². The maximum absolute atomic E-state index is 10.9. The van der Waals surface area contributed by atoms with Gasteiger partial charge < -0.3 is 24.6 Å². The van der Waals surface area contributed by atoms with E-state index in [1.54, 1.807) is 12.1 Å². The molecule has 2 aliphatic rings. The summed E-state index contributed by atoms with van der Waals surface area (Å²) >= 11 is 2.23. The highest BCUT2D eigenvalue weighted by Crippen LogP contribution is 2.38. The summed E-state index contributed by atoms with van der Waals surface area (Å²) in [6.07, 6.45) is 1.94. The number of alkyl halides is 1. The molecule has 5 rings (SSSR count). The van der Waals surface area contributed by atoms with E-state index in [1.165, 1.54) is 6.33 Å². The van der Waals surface area contributed by atoms with Crippen molar-refractivity contribution in [3.63, 3.8) is 0 Å².